The van der Waals surface area contributed by atoms with Crippen LogP contribution in [0.5, 0.6) is 0 Å². The highest BCUT2D eigenvalue weighted by Gasteiger charge is 2.27. The van der Waals surface area contributed by atoms with Crippen LogP contribution < -0.4 is 16.0 Å². The van der Waals surface area contributed by atoms with Crippen molar-refractivity contribution in [1.82, 2.24) is 25.5 Å². The van der Waals surface area contributed by atoms with Crippen LogP contribution in [0.2, 0.25) is 0 Å². The Morgan fingerprint density at radius 3 is 2.77 bits per heavy atom. The Hall–Kier alpha value is -2.57. The fraction of sp³-hybridized carbons (Fsp3) is 0.526. The van der Waals surface area contributed by atoms with Crippen molar-refractivity contribution in [2.45, 2.75) is 45.4 Å². The van der Waals surface area contributed by atoms with Gasteiger partial charge in [-0.1, -0.05) is 0 Å². The number of anilines is 1. The molecule has 0 aliphatic carbocycles. The second-order valence-electron chi connectivity index (χ2n) is 8.11. The number of fused-ring (bicyclic) bond motifs is 1. The molecule has 3 N–H and O–H groups in total. The van der Waals surface area contributed by atoms with Gasteiger partial charge < -0.3 is 25.6 Å². The summed E-state index contributed by atoms with van der Waals surface area (Å²) in [5.41, 5.74) is 0.239. The van der Waals surface area contributed by atoms with Crippen LogP contribution in [-0.4, -0.2) is 64.6 Å². The first-order valence-corrected chi connectivity index (χ1v) is 11.5. The van der Waals surface area contributed by atoms with E-state index in [1.54, 1.807) is 32.3 Å². The summed E-state index contributed by atoms with van der Waals surface area (Å²) < 4.78 is 5.21. The molecule has 1 aliphatic rings. The van der Waals surface area contributed by atoms with Crippen LogP contribution in [0.4, 0.5) is 9.93 Å². The molecule has 2 aromatic heterocycles. The van der Waals surface area contributed by atoms with E-state index in [9.17, 15) is 14.4 Å². The van der Waals surface area contributed by atoms with Gasteiger partial charge in [0.25, 0.3) is 11.8 Å². The highest BCUT2D eigenvalue weighted by molar-refractivity contribution is 7.14. The summed E-state index contributed by atoms with van der Waals surface area (Å²) in [7, 11) is 2.02. The van der Waals surface area contributed by atoms with Crippen molar-refractivity contribution in [2.75, 3.05) is 25.5 Å². The molecule has 0 spiro atoms. The van der Waals surface area contributed by atoms with E-state index in [1.165, 1.54) is 22.7 Å². The molecule has 3 heterocycles. The van der Waals surface area contributed by atoms with Gasteiger partial charge >= 0.3 is 6.09 Å². The first kappa shape index (κ1) is 23.1. The molecule has 2 aromatic rings. The van der Waals surface area contributed by atoms with Gasteiger partial charge in [-0.3, -0.25) is 9.59 Å². The van der Waals surface area contributed by atoms with Gasteiger partial charge in [0.15, 0.2) is 10.1 Å². The smallest absolute Gasteiger partial charge is 0.407 e. The molecule has 0 fully saturated rings. The Bertz CT molecular complexity index is 938. The molecular formula is C19H26N6O4S2. The number of rotatable bonds is 6. The lowest BCUT2D eigenvalue weighted by molar-refractivity contribution is -0.117. The van der Waals surface area contributed by atoms with Crippen LogP contribution in [0.15, 0.2) is 11.6 Å². The van der Waals surface area contributed by atoms with Crippen molar-refractivity contribution in [3.63, 3.8) is 0 Å². The fourth-order valence-corrected chi connectivity index (χ4v) is 4.45. The molecular weight excluding hydrogens is 440 g/mol. The summed E-state index contributed by atoms with van der Waals surface area (Å²) >= 11 is 2.57. The minimum Gasteiger partial charge on any atom is -0.444 e. The molecule has 10 nitrogen and oxygen atoms in total. The number of carbonyl (C=O) groups excluding carboxylic acids is 3. The standard InChI is InChI=1S/C19H26N6O4S2/c1-19(2,3)29-18(28)21-9-12(14(26)24-17-20-6-8-30-17)22-15(27)16-23-11-5-7-25(4)10-13(11)31-16/h6,8,12H,5,7,9-10H2,1-4H3,(H,21,28)(H,22,27)(H,20,24,26). The molecule has 1 unspecified atom stereocenters. The van der Waals surface area contributed by atoms with Crippen molar-refractivity contribution in [1.29, 1.82) is 0 Å². The number of carbonyl (C=O) groups is 3. The van der Waals surface area contributed by atoms with Gasteiger partial charge in [0.05, 0.1) is 12.2 Å². The first-order valence-electron chi connectivity index (χ1n) is 9.76. The van der Waals surface area contributed by atoms with Gasteiger partial charge in [0, 0.05) is 36.0 Å². The van der Waals surface area contributed by atoms with Gasteiger partial charge in [-0.05, 0) is 27.8 Å². The van der Waals surface area contributed by atoms with Gasteiger partial charge in [-0.15, -0.1) is 22.7 Å². The average molecular weight is 467 g/mol. The molecule has 0 saturated carbocycles. The lowest BCUT2D eigenvalue weighted by atomic mass is 10.2. The highest BCUT2D eigenvalue weighted by atomic mass is 32.1. The van der Waals surface area contributed by atoms with Crippen molar-refractivity contribution in [2.24, 2.45) is 0 Å². The van der Waals surface area contributed by atoms with Crippen LogP contribution in [-0.2, 0) is 22.5 Å². The maximum absolute atomic E-state index is 12.8. The number of alkyl carbamates (subject to hydrolysis) is 1. The molecule has 12 heteroatoms. The van der Waals surface area contributed by atoms with Crippen molar-refractivity contribution >= 4 is 45.7 Å². The summed E-state index contributed by atoms with van der Waals surface area (Å²) in [4.78, 5) is 49.3. The Balaban J connectivity index is 1.68. The van der Waals surface area contributed by atoms with Crippen molar-refractivity contribution < 1.29 is 19.1 Å². The number of hydrogen-bond acceptors (Lipinski definition) is 9. The van der Waals surface area contributed by atoms with Gasteiger partial charge in [0.2, 0.25) is 0 Å². The van der Waals surface area contributed by atoms with E-state index >= 15 is 0 Å². The second-order valence-corrected chi connectivity index (χ2v) is 10.1. The molecule has 1 aliphatic heterocycles. The minimum atomic E-state index is -1.03. The van der Waals surface area contributed by atoms with Gasteiger partial charge in [-0.25, -0.2) is 14.8 Å². The lowest BCUT2D eigenvalue weighted by Crippen LogP contribution is -2.51. The zero-order valence-corrected chi connectivity index (χ0v) is 19.5. The van der Waals surface area contributed by atoms with Crippen molar-refractivity contribution in [3.8, 4) is 0 Å². The van der Waals surface area contributed by atoms with E-state index < -0.39 is 29.6 Å². The lowest BCUT2D eigenvalue weighted by Gasteiger charge is -2.22. The maximum atomic E-state index is 12.8. The number of ether oxygens (including phenoxy) is 1. The summed E-state index contributed by atoms with van der Waals surface area (Å²) in [6.45, 7) is 6.70. The summed E-state index contributed by atoms with van der Waals surface area (Å²) in [6, 6.07) is -1.03. The minimum absolute atomic E-state index is 0.147. The molecule has 1 atom stereocenters. The number of nitrogens with one attached hydrogen (secondary N) is 3. The molecule has 3 rings (SSSR count). The van der Waals surface area contributed by atoms with Crippen LogP contribution in [0.3, 0.4) is 0 Å². The predicted octanol–water partition coefficient (Wildman–Crippen LogP) is 1.85. The molecule has 0 saturated heterocycles. The number of likely N-dealkylation sites (N-methyl/N-ethyl adjacent to an activating group) is 1. The quantitative estimate of drug-likeness (QED) is 0.593. The van der Waals surface area contributed by atoms with E-state index in [-0.39, 0.29) is 6.54 Å². The largest absolute Gasteiger partial charge is 0.444 e. The van der Waals surface area contributed by atoms with E-state index in [4.69, 9.17) is 4.74 Å². The highest BCUT2D eigenvalue weighted by Crippen LogP contribution is 2.24. The molecule has 0 bridgehead atoms. The third-order valence-electron chi connectivity index (χ3n) is 4.25. The van der Waals surface area contributed by atoms with E-state index in [0.29, 0.717) is 10.1 Å². The van der Waals surface area contributed by atoms with E-state index in [0.717, 1.165) is 30.1 Å². The fourth-order valence-electron chi connectivity index (χ4n) is 2.83. The van der Waals surface area contributed by atoms with E-state index in [2.05, 4.69) is 30.8 Å². The summed E-state index contributed by atoms with van der Waals surface area (Å²) in [6.07, 6.45) is 1.66. The van der Waals surface area contributed by atoms with Crippen LogP contribution in [0.1, 0.15) is 41.1 Å². The number of nitrogens with zero attached hydrogens (tertiary/aromatic N) is 3. The first-order chi connectivity index (χ1) is 14.6. The monoisotopic (exact) mass is 466 g/mol. The number of aromatic nitrogens is 2. The second kappa shape index (κ2) is 9.71. The zero-order valence-electron chi connectivity index (χ0n) is 17.9. The predicted molar refractivity (Wildman–Crippen MR) is 118 cm³/mol. The Morgan fingerprint density at radius 2 is 2.10 bits per heavy atom. The van der Waals surface area contributed by atoms with Crippen LogP contribution in [0, 0.1) is 0 Å². The molecule has 0 radical (unpaired) electrons. The van der Waals surface area contributed by atoms with Crippen molar-refractivity contribution in [3.05, 3.63) is 27.2 Å². The molecule has 168 valence electrons. The zero-order chi connectivity index (χ0) is 22.6. The molecule has 0 aromatic carbocycles. The molecule has 31 heavy (non-hydrogen) atoms. The number of thiazole rings is 2. The molecule has 3 amide bonds. The third-order valence-corrected chi connectivity index (χ3v) is 6.02. The number of hydrogen-bond donors (Lipinski definition) is 3. The maximum Gasteiger partial charge on any atom is 0.407 e. The number of amides is 3. The normalized spacial score (nSPS) is 15.0. The topological polar surface area (TPSA) is 126 Å². The third kappa shape index (κ3) is 6.71. The Kier molecular flexibility index (Phi) is 7.23. The Morgan fingerprint density at radius 1 is 1.32 bits per heavy atom. The summed E-state index contributed by atoms with van der Waals surface area (Å²) in [5.74, 6) is -0.965. The SMILES string of the molecule is CN1CCc2nc(C(=O)NC(CNC(=O)OC(C)(C)C)C(=O)Nc3nccs3)sc2C1. The van der Waals surface area contributed by atoms with Gasteiger partial charge in [-0.2, -0.15) is 0 Å². The summed E-state index contributed by atoms with van der Waals surface area (Å²) in [5, 5.41) is 10.3. The van der Waals surface area contributed by atoms with E-state index in [1.807, 2.05) is 7.05 Å². The van der Waals surface area contributed by atoms with Crippen LogP contribution >= 0.6 is 22.7 Å². The van der Waals surface area contributed by atoms with Gasteiger partial charge in [0.1, 0.15) is 11.6 Å². The Labute approximate surface area is 188 Å². The average Bonchev–Trinajstić information content (AvgIpc) is 3.32. The van der Waals surface area contributed by atoms with Crippen LogP contribution in [0.25, 0.3) is 0 Å².